The molecule has 1 atom stereocenters. The van der Waals surface area contributed by atoms with Crippen molar-refractivity contribution >= 4 is 5.91 Å². The lowest BCUT2D eigenvalue weighted by Crippen LogP contribution is -2.37. The first-order chi connectivity index (χ1) is 10.8. The van der Waals surface area contributed by atoms with Gasteiger partial charge in [0.15, 0.2) is 11.5 Å². The number of nitrogens with zero attached hydrogens (tertiary/aromatic N) is 1. The first-order valence-corrected chi connectivity index (χ1v) is 8.24. The summed E-state index contributed by atoms with van der Waals surface area (Å²) in [7, 11) is 0. The van der Waals surface area contributed by atoms with Crippen LogP contribution in [0.15, 0.2) is 18.2 Å². The SMILES string of the molecule is O=C(NC1CCN(C2CC2)C1)c1ccc2c(c1)OCCCO2. The quantitative estimate of drug-likeness (QED) is 0.925. The molecule has 2 aliphatic heterocycles. The summed E-state index contributed by atoms with van der Waals surface area (Å²) in [5.41, 5.74) is 0.647. The van der Waals surface area contributed by atoms with Gasteiger partial charge in [0.1, 0.15) is 0 Å². The fourth-order valence-electron chi connectivity index (χ4n) is 3.25. The lowest BCUT2D eigenvalue weighted by atomic mass is 10.1. The molecule has 22 heavy (non-hydrogen) atoms. The molecular formula is C17H22N2O3. The molecular weight excluding hydrogens is 280 g/mol. The van der Waals surface area contributed by atoms with Crippen molar-refractivity contribution in [3.8, 4) is 11.5 Å². The predicted molar refractivity (Wildman–Crippen MR) is 82.5 cm³/mol. The number of likely N-dealkylation sites (tertiary alicyclic amines) is 1. The summed E-state index contributed by atoms with van der Waals surface area (Å²) in [6, 6.07) is 6.49. The highest BCUT2D eigenvalue weighted by molar-refractivity contribution is 5.95. The third-order valence-corrected chi connectivity index (χ3v) is 4.63. The van der Waals surface area contributed by atoms with Crippen molar-refractivity contribution in [2.45, 2.75) is 37.8 Å². The number of ether oxygens (including phenoxy) is 2. The van der Waals surface area contributed by atoms with Gasteiger partial charge in [-0.2, -0.15) is 0 Å². The van der Waals surface area contributed by atoms with Crippen molar-refractivity contribution in [2.75, 3.05) is 26.3 Å². The van der Waals surface area contributed by atoms with E-state index >= 15 is 0 Å². The summed E-state index contributed by atoms with van der Waals surface area (Å²) < 4.78 is 11.3. The molecule has 1 unspecified atom stereocenters. The van der Waals surface area contributed by atoms with Gasteiger partial charge in [-0.3, -0.25) is 9.69 Å². The summed E-state index contributed by atoms with van der Waals surface area (Å²) in [5.74, 6) is 1.39. The van der Waals surface area contributed by atoms with Gasteiger partial charge in [-0.1, -0.05) is 0 Å². The van der Waals surface area contributed by atoms with Crippen molar-refractivity contribution < 1.29 is 14.3 Å². The number of hydrogen-bond donors (Lipinski definition) is 1. The van der Waals surface area contributed by atoms with Gasteiger partial charge >= 0.3 is 0 Å². The number of carbonyl (C=O) groups is 1. The van der Waals surface area contributed by atoms with Crippen LogP contribution in [0.5, 0.6) is 11.5 Å². The number of fused-ring (bicyclic) bond motifs is 1. The molecule has 1 saturated carbocycles. The maximum Gasteiger partial charge on any atom is 0.251 e. The van der Waals surface area contributed by atoms with E-state index in [1.165, 1.54) is 12.8 Å². The van der Waals surface area contributed by atoms with Crippen LogP contribution in [-0.4, -0.2) is 49.2 Å². The molecule has 5 nitrogen and oxygen atoms in total. The van der Waals surface area contributed by atoms with Gasteiger partial charge in [0.25, 0.3) is 5.91 Å². The lowest BCUT2D eigenvalue weighted by Gasteiger charge is -2.16. The molecule has 2 fully saturated rings. The Balaban J connectivity index is 1.41. The molecule has 5 heteroatoms. The Morgan fingerprint density at radius 2 is 1.95 bits per heavy atom. The number of benzene rings is 1. The van der Waals surface area contributed by atoms with E-state index in [0.29, 0.717) is 24.5 Å². The second-order valence-corrected chi connectivity index (χ2v) is 6.40. The highest BCUT2D eigenvalue weighted by Crippen LogP contribution is 2.31. The molecule has 1 saturated heterocycles. The van der Waals surface area contributed by atoms with Crippen LogP contribution in [0, 0.1) is 0 Å². The van der Waals surface area contributed by atoms with E-state index in [-0.39, 0.29) is 11.9 Å². The van der Waals surface area contributed by atoms with Gasteiger partial charge < -0.3 is 14.8 Å². The molecule has 118 valence electrons. The molecule has 1 N–H and O–H groups in total. The van der Waals surface area contributed by atoms with Crippen LogP contribution >= 0.6 is 0 Å². The summed E-state index contributed by atoms with van der Waals surface area (Å²) >= 11 is 0. The molecule has 1 aromatic carbocycles. The average molecular weight is 302 g/mol. The van der Waals surface area contributed by atoms with Crippen LogP contribution in [0.25, 0.3) is 0 Å². The normalized spacial score (nSPS) is 24.8. The van der Waals surface area contributed by atoms with Crippen LogP contribution in [0.1, 0.15) is 36.0 Å². The molecule has 1 amide bonds. The van der Waals surface area contributed by atoms with Gasteiger partial charge in [0.05, 0.1) is 13.2 Å². The van der Waals surface area contributed by atoms with Crippen molar-refractivity contribution in [1.29, 1.82) is 0 Å². The van der Waals surface area contributed by atoms with E-state index in [1.807, 2.05) is 12.1 Å². The number of amides is 1. The fraction of sp³-hybridized carbons (Fsp3) is 0.588. The van der Waals surface area contributed by atoms with Crippen LogP contribution in [0.4, 0.5) is 0 Å². The maximum atomic E-state index is 12.4. The lowest BCUT2D eigenvalue weighted by molar-refractivity contribution is 0.0937. The van der Waals surface area contributed by atoms with Gasteiger partial charge in [-0.25, -0.2) is 0 Å². The average Bonchev–Trinajstić information content (AvgIpc) is 3.31. The Labute approximate surface area is 130 Å². The summed E-state index contributed by atoms with van der Waals surface area (Å²) in [4.78, 5) is 14.9. The maximum absolute atomic E-state index is 12.4. The Kier molecular flexibility index (Phi) is 3.66. The van der Waals surface area contributed by atoms with Crippen LogP contribution < -0.4 is 14.8 Å². The van der Waals surface area contributed by atoms with Gasteiger partial charge in [-0.05, 0) is 37.5 Å². The number of rotatable bonds is 3. The van der Waals surface area contributed by atoms with Gasteiger partial charge in [-0.15, -0.1) is 0 Å². The van der Waals surface area contributed by atoms with E-state index in [1.54, 1.807) is 6.07 Å². The molecule has 1 aromatic rings. The van der Waals surface area contributed by atoms with Gasteiger partial charge in [0, 0.05) is 37.2 Å². The highest BCUT2D eigenvalue weighted by Gasteiger charge is 2.34. The largest absolute Gasteiger partial charge is 0.490 e. The predicted octanol–water partition coefficient (Wildman–Crippen LogP) is 1.81. The van der Waals surface area contributed by atoms with E-state index in [0.717, 1.165) is 37.7 Å². The topological polar surface area (TPSA) is 50.8 Å². The Morgan fingerprint density at radius 3 is 2.77 bits per heavy atom. The summed E-state index contributed by atoms with van der Waals surface area (Å²) in [5, 5.41) is 3.15. The smallest absolute Gasteiger partial charge is 0.251 e. The second kappa shape index (κ2) is 5.80. The van der Waals surface area contributed by atoms with Crippen molar-refractivity contribution in [3.63, 3.8) is 0 Å². The van der Waals surface area contributed by atoms with Crippen molar-refractivity contribution in [1.82, 2.24) is 10.2 Å². The van der Waals surface area contributed by atoms with E-state index in [2.05, 4.69) is 10.2 Å². The minimum atomic E-state index is -0.0155. The number of hydrogen-bond acceptors (Lipinski definition) is 4. The zero-order valence-corrected chi connectivity index (χ0v) is 12.7. The van der Waals surface area contributed by atoms with Crippen LogP contribution in [0.3, 0.4) is 0 Å². The van der Waals surface area contributed by atoms with Crippen molar-refractivity contribution in [2.24, 2.45) is 0 Å². The molecule has 0 spiro atoms. The first kappa shape index (κ1) is 13.9. The van der Waals surface area contributed by atoms with E-state index in [4.69, 9.17) is 9.47 Å². The summed E-state index contributed by atoms with van der Waals surface area (Å²) in [6.07, 6.45) is 4.56. The molecule has 0 radical (unpaired) electrons. The monoisotopic (exact) mass is 302 g/mol. The minimum absolute atomic E-state index is 0.0155. The highest BCUT2D eigenvalue weighted by atomic mass is 16.5. The van der Waals surface area contributed by atoms with Crippen LogP contribution in [0.2, 0.25) is 0 Å². The zero-order chi connectivity index (χ0) is 14.9. The third kappa shape index (κ3) is 2.90. The Hall–Kier alpha value is -1.75. The standard InChI is InChI=1S/C17H22N2O3/c20-17(18-13-6-7-19(11-13)14-3-4-14)12-2-5-15-16(10-12)22-9-1-8-21-15/h2,5,10,13-14H,1,3-4,6-9,11H2,(H,18,20). The van der Waals surface area contributed by atoms with Gasteiger partial charge in [0.2, 0.25) is 0 Å². The van der Waals surface area contributed by atoms with E-state index in [9.17, 15) is 4.79 Å². The molecule has 1 aliphatic carbocycles. The molecule has 0 bridgehead atoms. The van der Waals surface area contributed by atoms with E-state index < -0.39 is 0 Å². The molecule has 3 aliphatic rings. The Morgan fingerprint density at radius 1 is 1.14 bits per heavy atom. The third-order valence-electron chi connectivity index (χ3n) is 4.63. The number of carbonyl (C=O) groups excluding carboxylic acids is 1. The Bertz CT molecular complexity index is 571. The van der Waals surface area contributed by atoms with Crippen LogP contribution in [-0.2, 0) is 0 Å². The minimum Gasteiger partial charge on any atom is -0.490 e. The molecule has 2 heterocycles. The fourth-order valence-corrected chi connectivity index (χ4v) is 3.25. The zero-order valence-electron chi connectivity index (χ0n) is 12.7. The molecule has 4 rings (SSSR count). The first-order valence-electron chi connectivity index (χ1n) is 8.24. The second-order valence-electron chi connectivity index (χ2n) is 6.40. The summed E-state index contributed by atoms with van der Waals surface area (Å²) in [6.45, 7) is 3.40. The number of nitrogens with one attached hydrogen (secondary N) is 1. The molecule has 0 aromatic heterocycles. The van der Waals surface area contributed by atoms with Crippen molar-refractivity contribution in [3.05, 3.63) is 23.8 Å².